The molecule has 1 aliphatic heterocycles. The fraction of sp³-hybridized carbons (Fsp3) is 0.533. The van der Waals surface area contributed by atoms with Crippen molar-refractivity contribution in [2.45, 2.75) is 31.8 Å². The SMILES string of the molecule is Cc1cc(C)n2c(SCC(=O)N3CCC[C@@H](C(N)=O)C3)nnc2n1. The fourth-order valence-corrected chi connectivity index (χ4v) is 3.84. The van der Waals surface area contributed by atoms with Gasteiger partial charge < -0.3 is 10.6 Å². The van der Waals surface area contributed by atoms with Gasteiger partial charge >= 0.3 is 0 Å². The van der Waals surface area contributed by atoms with Crippen molar-refractivity contribution in [2.75, 3.05) is 18.8 Å². The number of carbonyl (C=O) groups is 2. The first kappa shape index (κ1) is 16.7. The zero-order valence-electron chi connectivity index (χ0n) is 13.7. The molecule has 8 nitrogen and oxygen atoms in total. The van der Waals surface area contributed by atoms with Crippen LogP contribution in [0, 0.1) is 19.8 Å². The molecule has 1 fully saturated rings. The Labute approximate surface area is 143 Å². The molecule has 2 aromatic heterocycles. The van der Waals surface area contributed by atoms with Gasteiger partial charge in [-0.1, -0.05) is 11.8 Å². The second kappa shape index (κ2) is 6.76. The summed E-state index contributed by atoms with van der Waals surface area (Å²) in [5.74, 6) is 0.200. The molecule has 1 atom stereocenters. The number of piperidine rings is 1. The first-order valence-electron chi connectivity index (χ1n) is 7.85. The van der Waals surface area contributed by atoms with E-state index in [1.54, 1.807) is 4.90 Å². The standard InChI is InChI=1S/C15H20N6O2S/c1-9-6-10(2)21-14(17-9)18-19-15(21)24-8-12(22)20-5-3-4-11(7-20)13(16)23/h6,11H,3-5,7-8H2,1-2H3,(H2,16,23)/t11-/m1/s1. The van der Waals surface area contributed by atoms with Crippen molar-refractivity contribution in [3.63, 3.8) is 0 Å². The summed E-state index contributed by atoms with van der Waals surface area (Å²) in [6.45, 7) is 4.95. The Balaban J connectivity index is 1.67. The lowest BCUT2D eigenvalue weighted by Crippen LogP contribution is -2.44. The highest BCUT2D eigenvalue weighted by atomic mass is 32.2. The summed E-state index contributed by atoms with van der Waals surface area (Å²) in [4.78, 5) is 29.8. The number of nitrogens with two attached hydrogens (primary N) is 1. The zero-order chi connectivity index (χ0) is 17.3. The summed E-state index contributed by atoms with van der Waals surface area (Å²) >= 11 is 1.33. The molecule has 2 amide bonds. The number of carbonyl (C=O) groups excluding carboxylic acids is 2. The van der Waals surface area contributed by atoms with E-state index in [4.69, 9.17) is 5.73 Å². The van der Waals surface area contributed by atoms with Gasteiger partial charge in [0.25, 0.3) is 5.78 Å². The third kappa shape index (κ3) is 3.35. The van der Waals surface area contributed by atoms with Gasteiger partial charge in [-0.25, -0.2) is 4.98 Å². The van der Waals surface area contributed by atoms with E-state index in [1.165, 1.54) is 11.8 Å². The number of primary amides is 1. The molecule has 0 radical (unpaired) electrons. The summed E-state index contributed by atoms with van der Waals surface area (Å²) in [6.07, 6.45) is 1.56. The Morgan fingerprint density at radius 3 is 2.92 bits per heavy atom. The number of aromatic nitrogens is 4. The van der Waals surface area contributed by atoms with Gasteiger partial charge in [-0.15, -0.1) is 10.2 Å². The summed E-state index contributed by atoms with van der Waals surface area (Å²) < 4.78 is 1.84. The van der Waals surface area contributed by atoms with Crippen LogP contribution in [0.3, 0.4) is 0 Å². The molecule has 0 aromatic carbocycles. The average Bonchev–Trinajstić information content (AvgIpc) is 2.95. The van der Waals surface area contributed by atoms with Crippen LogP contribution in [0.2, 0.25) is 0 Å². The molecule has 2 aromatic rings. The number of amides is 2. The Morgan fingerprint density at radius 1 is 1.38 bits per heavy atom. The van der Waals surface area contributed by atoms with Crippen molar-refractivity contribution in [1.29, 1.82) is 0 Å². The van der Waals surface area contributed by atoms with Gasteiger partial charge in [-0.3, -0.25) is 14.0 Å². The predicted molar refractivity (Wildman–Crippen MR) is 89.5 cm³/mol. The molecule has 0 spiro atoms. The minimum Gasteiger partial charge on any atom is -0.369 e. The van der Waals surface area contributed by atoms with Crippen molar-refractivity contribution in [1.82, 2.24) is 24.5 Å². The van der Waals surface area contributed by atoms with E-state index in [-0.39, 0.29) is 23.5 Å². The Morgan fingerprint density at radius 2 is 2.17 bits per heavy atom. The molecule has 128 valence electrons. The van der Waals surface area contributed by atoms with Gasteiger partial charge in [0.15, 0.2) is 5.16 Å². The lowest BCUT2D eigenvalue weighted by atomic mass is 9.97. The molecular weight excluding hydrogens is 328 g/mol. The molecule has 2 N–H and O–H groups in total. The van der Waals surface area contributed by atoms with Gasteiger partial charge in [0.1, 0.15) is 0 Å². The number of nitrogens with zero attached hydrogens (tertiary/aromatic N) is 5. The Hall–Kier alpha value is -2.16. The lowest BCUT2D eigenvalue weighted by Gasteiger charge is -2.31. The zero-order valence-corrected chi connectivity index (χ0v) is 14.5. The molecule has 0 aliphatic carbocycles. The van der Waals surface area contributed by atoms with Crippen LogP contribution < -0.4 is 5.73 Å². The normalized spacial score (nSPS) is 18.1. The first-order chi connectivity index (χ1) is 11.5. The van der Waals surface area contributed by atoms with Crippen LogP contribution in [0.15, 0.2) is 11.2 Å². The molecule has 3 rings (SSSR count). The number of likely N-dealkylation sites (tertiary alicyclic amines) is 1. The van der Waals surface area contributed by atoms with Gasteiger partial charge in [-0.05, 0) is 32.8 Å². The molecule has 0 bridgehead atoms. The van der Waals surface area contributed by atoms with E-state index in [0.717, 1.165) is 24.2 Å². The van der Waals surface area contributed by atoms with Crippen LogP contribution in [-0.4, -0.2) is 55.1 Å². The number of rotatable bonds is 4. The Bertz CT molecular complexity index is 790. The van der Waals surface area contributed by atoms with Crippen LogP contribution in [0.4, 0.5) is 0 Å². The van der Waals surface area contributed by atoms with Crippen LogP contribution in [0.25, 0.3) is 5.78 Å². The summed E-state index contributed by atoms with van der Waals surface area (Å²) in [6, 6.07) is 1.95. The first-order valence-corrected chi connectivity index (χ1v) is 8.83. The van der Waals surface area contributed by atoms with Crippen molar-refractivity contribution in [3.05, 3.63) is 17.5 Å². The molecule has 1 aliphatic rings. The second-order valence-electron chi connectivity index (χ2n) is 6.03. The summed E-state index contributed by atoms with van der Waals surface area (Å²) in [7, 11) is 0. The Kier molecular flexibility index (Phi) is 4.70. The van der Waals surface area contributed by atoms with E-state index in [1.807, 2.05) is 24.3 Å². The largest absolute Gasteiger partial charge is 0.369 e. The highest BCUT2D eigenvalue weighted by Gasteiger charge is 2.27. The molecule has 24 heavy (non-hydrogen) atoms. The number of hydrogen-bond acceptors (Lipinski definition) is 6. The number of fused-ring (bicyclic) bond motifs is 1. The maximum atomic E-state index is 12.4. The monoisotopic (exact) mass is 348 g/mol. The van der Waals surface area contributed by atoms with Gasteiger partial charge in [-0.2, -0.15) is 0 Å². The van der Waals surface area contributed by atoms with Crippen LogP contribution >= 0.6 is 11.8 Å². The van der Waals surface area contributed by atoms with Gasteiger partial charge in [0, 0.05) is 24.5 Å². The smallest absolute Gasteiger partial charge is 0.256 e. The quantitative estimate of drug-likeness (QED) is 0.809. The number of thioether (sulfide) groups is 1. The molecule has 1 saturated heterocycles. The van der Waals surface area contributed by atoms with Crippen molar-refractivity contribution < 1.29 is 9.59 Å². The average molecular weight is 348 g/mol. The second-order valence-corrected chi connectivity index (χ2v) is 6.97. The van der Waals surface area contributed by atoms with E-state index in [9.17, 15) is 9.59 Å². The minimum atomic E-state index is -0.333. The maximum Gasteiger partial charge on any atom is 0.256 e. The number of aryl methyl sites for hydroxylation is 2. The third-order valence-corrected chi connectivity index (χ3v) is 5.08. The highest BCUT2D eigenvalue weighted by Crippen LogP contribution is 2.21. The molecular formula is C15H20N6O2S. The highest BCUT2D eigenvalue weighted by molar-refractivity contribution is 7.99. The van der Waals surface area contributed by atoms with Gasteiger partial charge in [0.2, 0.25) is 11.8 Å². The third-order valence-electron chi connectivity index (χ3n) is 4.16. The van der Waals surface area contributed by atoms with E-state index in [2.05, 4.69) is 15.2 Å². The molecule has 9 heteroatoms. The van der Waals surface area contributed by atoms with Crippen molar-refractivity contribution in [2.24, 2.45) is 11.7 Å². The van der Waals surface area contributed by atoms with E-state index >= 15 is 0 Å². The number of hydrogen-bond donors (Lipinski definition) is 1. The van der Waals surface area contributed by atoms with Crippen LogP contribution in [-0.2, 0) is 9.59 Å². The summed E-state index contributed by atoms with van der Waals surface area (Å²) in [5.41, 5.74) is 7.22. The lowest BCUT2D eigenvalue weighted by molar-refractivity contribution is -0.132. The topological polar surface area (TPSA) is 106 Å². The maximum absolute atomic E-state index is 12.4. The molecule has 3 heterocycles. The van der Waals surface area contributed by atoms with Crippen molar-refractivity contribution in [3.8, 4) is 0 Å². The van der Waals surface area contributed by atoms with E-state index < -0.39 is 0 Å². The summed E-state index contributed by atoms with van der Waals surface area (Å²) in [5, 5.41) is 8.83. The van der Waals surface area contributed by atoms with Crippen LogP contribution in [0.5, 0.6) is 0 Å². The fourth-order valence-electron chi connectivity index (χ4n) is 2.95. The predicted octanol–water partition coefficient (Wildman–Crippen LogP) is 0.557. The minimum absolute atomic E-state index is 0.0135. The van der Waals surface area contributed by atoms with Crippen molar-refractivity contribution >= 4 is 29.4 Å². The van der Waals surface area contributed by atoms with Gasteiger partial charge in [0.05, 0.1) is 11.7 Å². The van der Waals surface area contributed by atoms with Crippen LogP contribution in [0.1, 0.15) is 24.2 Å². The molecule has 0 saturated carbocycles. The van der Waals surface area contributed by atoms with E-state index in [0.29, 0.717) is 24.0 Å². The molecule has 0 unspecified atom stereocenters.